The highest BCUT2D eigenvalue weighted by Crippen LogP contribution is 2.20. The summed E-state index contributed by atoms with van der Waals surface area (Å²) in [7, 11) is 0. The molecule has 18 heavy (non-hydrogen) atoms. The Kier molecular flexibility index (Phi) is 3.05. The largest absolute Gasteiger partial charge is 0.312 e. The van der Waals surface area contributed by atoms with E-state index in [1.165, 1.54) is 0 Å². The van der Waals surface area contributed by atoms with Gasteiger partial charge < -0.3 is 16.0 Å². The first kappa shape index (κ1) is 11.7. The number of carbonyl (C=O) groups is 1. The second-order valence-corrected chi connectivity index (χ2v) is 5.16. The molecule has 2 unspecified atom stereocenters. The van der Waals surface area contributed by atoms with E-state index in [-0.39, 0.29) is 11.9 Å². The van der Waals surface area contributed by atoms with Crippen molar-refractivity contribution >= 4 is 11.7 Å². The topological polar surface area (TPSA) is 71.0 Å². The van der Waals surface area contributed by atoms with Gasteiger partial charge in [-0.25, -0.2) is 4.68 Å². The van der Waals surface area contributed by atoms with Gasteiger partial charge in [0.15, 0.2) is 0 Å². The maximum absolute atomic E-state index is 12.2. The molecule has 3 N–H and O–H groups in total. The summed E-state index contributed by atoms with van der Waals surface area (Å²) in [6, 6.07) is 2.15. The predicted octanol–water partition coefficient (Wildman–Crippen LogP) is -0.0361. The highest BCUT2D eigenvalue weighted by atomic mass is 16.2. The Labute approximate surface area is 106 Å². The van der Waals surface area contributed by atoms with Crippen molar-refractivity contribution in [3.8, 4) is 0 Å². The average molecular weight is 249 g/mol. The van der Waals surface area contributed by atoms with E-state index in [1.807, 2.05) is 10.7 Å². The Hall–Kier alpha value is -1.40. The van der Waals surface area contributed by atoms with Crippen molar-refractivity contribution in [1.82, 2.24) is 20.4 Å². The molecule has 0 saturated carbocycles. The maximum atomic E-state index is 12.2. The molecule has 2 saturated heterocycles. The Morgan fingerprint density at radius 1 is 1.56 bits per heavy atom. The van der Waals surface area contributed by atoms with Crippen LogP contribution in [0.4, 0.5) is 5.82 Å². The molecule has 1 amide bonds. The lowest BCUT2D eigenvalue weighted by molar-refractivity contribution is -0.118. The van der Waals surface area contributed by atoms with Crippen molar-refractivity contribution in [2.45, 2.75) is 25.4 Å². The third kappa shape index (κ3) is 2.02. The first-order valence-electron chi connectivity index (χ1n) is 6.54. The first-order valence-corrected chi connectivity index (χ1v) is 6.54. The van der Waals surface area contributed by atoms with Crippen LogP contribution in [-0.2, 0) is 4.79 Å². The van der Waals surface area contributed by atoms with Gasteiger partial charge in [0, 0.05) is 19.2 Å². The number of amides is 1. The van der Waals surface area contributed by atoms with E-state index in [1.54, 1.807) is 6.20 Å². The fraction of sp³-hybridized carbons (Fsp3) is 0.667. The van der Waals surface area contributed by atoms with E-state index in [9.17, 15) is 4.79 Å². The number of nitrogens with one attached hydrogen (secondary N) is 3. The van der Waals surface area contributed by atoms with Crippen molar-refractivity contribution in [2.75, 3.05) is 25.0 Å². The number of rotatable bonds is 3. The summed E-state index contributed by atoms with van der Waals surface area (Å²) in [6.07, 6.45) is 2.79. The summed E-state index contributed by atoms with van der Waals surface area (Å²) in [4.78, 5) is 12.2. The van der Waals surface area contributed by atoms with Crippen molar-refractivity contribution in [1.29, 1.82) is 0 Å². The fourth-order valence-electron chi connectivity index (χ4n) is 2.54. The summed E-state index contributed by atoms with van der Waals surface area (Å²) in [5.41, 5.74) is 0. The van der Waals surface area contributed by atoms with Gasteiger partial charge in [0.1, 0.15) is 5.82 Å². The molecule has 1 aromatic heterocycles. The molecule has 0 bridgehead atoms. The van der Waals surface area contributed by atoms with Gasteiger partial charge in [0.2, 0.25) is 5.91 Å². The van der Waals surface area contributed by atoms with Gasteiger partial charge in [0.05, 0.1) is 18.3 Å². The van der Waals surface area contributed by atoms with Crippen LogP contribution in [0.1, 0.15) is 19.4 Å². The van der Waals surface area contributed by atoms with Gasteiger partial charge in [-0.2, -0.15) is 5.10 Å². The third-order valence-corrected chi connectivity index (χ3v) is 3.84. The zero-order chi connectivity index (χ0) is 12.5. The van der Waals surface area contributed by atoms with Gasteiger partial charge in [-0.05, 0) is 18.9 Å². The van der Waals surface area contributed by atoms with Crippen molar-refractivity contribution in [3.63, 3.8) is 0 Å². The van der Waals surface area contributed by atoms with Crippen molar-refractivity contribution in [2.24, 2.45) is 5.92 Å². The lowest BCUT2D eigenvalue weighted by Gasteiger charge is -2.29. The number of carbonyl (C=O) groups excluding carboxylic acids is 1. The second-order valence-electron chi connectivity index (χ2n) is 5.16. The standard InChI is InChI=1S/C12H19N5O/c1-8-2-4-14-11(8)12(18)16-10-3-5-15-17(10)9-6-13-7-9/h3,5,8-9,11,13-14H,2,4,6-7H2,1H3,(H,16,18). The van der Waals surface area contributed by atoms with E-state index in [0.717, 1.165) is 31.9 Å². The minimum atomic E-state index is -0.0761. The smallest absolute Gasteiger partial charge is 0.242 e. The van der Waals surface area contributed by atoms with Crippen LogP contribution in [0.2, 0.25) is 0 Å². The van der Waals surface area contributed by atoms with Crippen LogP contribution in [-0.4, -0.2) is 41.4 Å². The van der Waals surface area contributed by atoms with E-state index < -0.39 is 0 Å². The van der Waals surface area contributed by atoms with Crippen molar-refractivity contribution in [3.05, 3.63) is 12.3 Å². The Bertz CT molecular complexity index is 439. The first-order chi connectivity index (χ1) is 8.75. The summed E-state index contributed by atoms with van der Waals surface area (Å²) in [5, 5.41) is 13.7. The van der Waals surface area contributed by atoms with Gasteiger partial charge >= 0.3 is 0 Å². The van der Waals surface area contributed by atoms with E-state index >= 15 is 0 Å². The second kappa shape index (κ2) is 4.70. The van der Waals surface area contributed by atoms with Gasteiger partial charge in [0.25, 0.3) is 0 Å². The van der Waals surface area contributed by atoms with E-state index in [0.29, 0.717) is 12.0 Å². The lowest BCUT2D eigenvalue weighted by atomic mass is 10.0. The molecule has 3 rings (SSSR count). The molecule has 1 aromatic rings. The summed E-state index contributed by atoms with van der Waals surface area (Å²) < 4.78 is 1.90. The predicted molar refractivity (Wildman–Crippen MR) is 68.3 cm³/mol. The molecule has 0 aliphatic carbocycles. The van der Waals surface area contributed by atoms with Crippen LogP contribution in [0.15, 0.2) is 12.3 Å². The molecule has 6 nitrogen and oxygen atoms in total. The highest BCUT2D eigenvalue weighted by molar-refractivity contribution is 5.94. The molecule has 0 spiro atoms. The number of nitrogens with zero attached hydrogens (tertiary/aromatic N) is 2. The molecule has 6 heteroatoms. The van der Waals surface area contributed by atoms with Crippen LogP contribution in [0, 0.1) is 5.92 Å². The number of hydrogen-bond acceptors (Lipinski definition) is 4. The van der Waals surface area contributed by atoms with E-state index in [2.05, 4.69) is 28.0 Å². The Morgan fingerprint density at radius 3 is 3.00 bits per heavy atom. The summed E-state index contributed by atoms with van der Waals surface area (Å²) >= 11 is 0. The molecule has 0 radical (unpaired) electrons. The zero-order valence-electron chi connectivity index (χ0n) is 10.5. The van der Waals surface area contributed by atoms with Gasteiger partial charge in [-0.1, -0.05) is 6.92 Å². The maximum Gasteiger partial charge on any atom is 0.242 e. The molecule has 98 valence electrons. The third-order valence-electron chi connectivity index (χ3n) is 3.84. The monoisotopic (exact) mass is 249 g/mol. The van der Waals surface area contributed by atoms with Crippen LogP contribution in [0.3, 0.4) is 0 Å². The van der Waals surface area contributed by atoms with Crippen LogP contribution >= 0.6 is 0 Å². The number of hydrogen-bond donors (Lipinski definition) is 3. The Morgan fingerprint density at radius 2 is 2.39 bits per heavy atom. The van der Waals surface area contributed by atoms with Crippen LogP contribution < -0.4 is 16.0 Å². The van der Waals surface area contributed by atoms with Gasteiger partial charge in [-0.3, -0.25) is 4.79 Å². The molecular weight excluding hydrogens is 230 g/mol. The lowest BCUT2D eigenvalue weighted by Crippen LogP contribution is -2.45. The Balaban J connectivity index is 1.68. The molecule has 0 aromatic carbocycles. The highest BCUT2D eigenvalue weighted by Gasteiger charge is 2.30. The van der Waals surface area contributed by atoms with Crippen LogP contribution in [0.25, 0.3) is 0 Å². The SMILES string of the molecule is CC1CCNC1C(=O)Nc1ccnn1C1CNC1. The van der Waals surface area contributed by atoms with Gasteiger partial charge in [-0.15, -0.1) is 0 Å². The molecule has 2 atom stereocenters. The zero-order valence-corrected chi connectivity index (χ0v) is 10.5. The number of aromatic nitrogens is 2. The summed E-state index contributed by atoms with van der Waals surface area (Å²) in [6.45, 7) is 4.87. The average Bonchev–Trinajstić information content (AvgIpc) is 2.86. The minimum Gasteiger partial charge on any atom is -0.312 e. The number of anilines is 1. The fourth-order valence-corrected chi connectivity index (χ4v) is 2.54. The quantitative estimate of drug-likeness (QED) is 0.703. The van der Waals surface area contributed by atoms with Crippen molar-refractivity contribution < 1.29 is 4.79 Å². The molecule has 2 aliphatic rings. The minimum absolute atomic E-state index is 0.0500. The molecular formula is C12H19N5O. The van der Waals surface area contributed by atoms with Crippen LogP contribution in [0.5, 0.6) is 0 Å². The summed E-state index contributed by atoms with van der Waals surface area (Å²) in [5.74, 6) is 1.24. The molecule has 3 heterocycles. The molecule has 2 fully saturated rings. The molecule has 2 aliphatic heterocycles. The normalized spacial score (nSPS) is 28.1. The van der Waals surface area contributed by atoms with E-state index in [4.69, 9.17) is 0 Å².